The van der Waals surface area contributed by atoms with E-state index < -0.39 is 0 Å². The van der Waals surface area contributed by atoms with Crippen molar-refractivity contribution >= 4 is 11.6 Å². The third-order valence-corrected chi connectivity index (χ3v) is 3.71. The number of pyridine rings is 1. The molecule has 2 aromatic rings. The predicted molar refractivity (Wildman–Crippen MR) is 88.3 cm³/mol. The number of benzene rings is 1. The van der Waals surface area contributed by atoms with Crippen LogP contribution in [0, 0.1) is 6.92 Å². The van der Waals surface area contributed by atoms with Crippen LogP contribution in [0.5, 0.6) is 0 Å². The molecule has 0 saturated carbocycles. The monoisotopic (exact) mass is 303 g/mol. The van der Waals surface area contributed by atoms with Crippen LogP contribution in [0.4, 0.5) is 0 Å². The van der Waals surface area contributed by atoms with Crippen molar-refractivity contribution in [1.82, 2.24) is 9.88 Å². The highest BCUT2D eigenvalue weighted by molar-refractivity contribution is 6.30. The fourth-order valence-electron chi connectivity index (χ4n) is 2.31. The van der Waals surface area contributed by atoms with Crippen molar-refractivity contribution in [3.63, 3.8) is 0 Å². The average molecular weight is 304 g/mol. The molecule has 0 radical (unpaired) electrons. The summed E-state index contributed by atoms with van der Waals surface area (Å²) in [5.74, 6) is 0. The van der Waals surface area contributed by atoms with Crippen molar-refractivity contribution in [3.8, 4) is 0 Å². The highest BCUT2D eigenvalue weighted by Gasteiger charge is 2.09. The summed E-state index contributed by atoms with van der Waals surface area (Å²) in [6.45, 7) is 3.77. The van der Waals surface area contributed by atoms with Crippen LogP contribution in [0.2, 0.25) is 5.02 Å². The second kappa shape index (κ2) is 7.55. The van der Waals surface area contributed by atoms with Crippen LogP contribution in [0.15, 0.2) is 42.5 Å². The first-order valence-corrected chi connectivity index (χ1v) is 7.54. The number of nitrogens with two attached hydrogens (primary N) is 1. The number of aryl methyl sites for hydroxylation is 1. The van der Waals surface area contributed by atoms with Gasteiger partial charge in [-0.1, -0.05) is 29.8 Å². The maximum Gasteiger partial charge on any atom is 0.0547 e. The third-order valence-electron chi connectivity index (χ3n) is 3.48. The zero-order valence-corrected chi connectivity index (χ0v) is 13.3. The minimum absolute atomic E-state index is 0.0108. The number of halogens is 1. The molecule has 0 aliphatic carbocycles. The van der Waals surface area contributed by atoms with E-state index in [0.717, 1.165) is 41.5 Å². The van der Waals surface area contributed by atoms with Crippen LogP contribution < -0.4 is 5.73 Å². The van der Waals surface area contributed by atoms with E-state index in [-0.39, 0.29) is 6.04 Å². The van der Waals surface area contributed by atoms with Gasteiger partial charge in [-0.15, -0.1) is 0 Å². The smallest absolute Gasteiger partial charge is 0.0547 e. The highest BCUT2D eigenvalue weighted by Crippen LogP contribution is 2.18. The van der Waals surface area contributed by atoms with E-state index in [9.17, 15) is 0 Å². The van der Waals surface area contributed by atoms with Crippen molar-refractivity contribution in [2.75, 3.05) is 13.6 Å². The van der Waals surface area contributed by atoms with Gasteiger partial charge in [0.05, 0.1) is 5.69 Å². The van der Waals surface area contributed by atoms with Crippen molar-refractivity contribution in [2.45, 2.75) is 25.9 Å². The van der Waals surface area contributed by atoms with Gasteiger partial charge in [-0.3, -0.25) is 4.98 Å². The van der Waals surface area contributed by atoms with Crippen LogP contribution in [0.25, 0.3) is 0 Å². The normalized spacial score (nSPS) is 12.6. The first-order chi connectivity index (χ1) is 10.0. The van der Waals surface area contributed by atoms with Crippen molar-refractivity contribution in [3.05, 3.63) is 64.4 Å². The zero-order valence-electron chi connectivity index (χ0n) is 12.6. The largest absolute Gasteiger partial charge is 0.324 e. The third kappa shape index (κ3) is 5.12. The topological polar surface area (TPSA) is 42.1 Å². The SMILES string of the molecule is Cc1cccc(CN(C)CCC(N)c2cccc(Cl)c2)n1. The molecule has 0 aliphatic rings. The molecule has 21 heavy (non-hydrogen) atoms. The lowest BCUT2D eigenvalue weighted by atomic mass is 10.0. The Balaban J connectivity index is 1.85. The van der Waals surface area contributed by atoms with Gasteiger partial charge in [-0.25, -0.2) is 0 Å². The molecule has 2 N–H and O–H groups in total. The van der Waals surface area contributed by atoms with Crippen LogP contribution in [0.3, 0.4) is 0 Å². The van der Waals surface area contributed by atoms with E-state index in [1.165, 1.54) is 0 Å². The van der Waals surface area contributed by atoms with Gasteiger partial charge in [0.25, 0.3) is 0 Å². The van der Waals surface area contributed by atoms with Gasteiger partial charge in [0, 0.05) is 29.8 Å². The van der Waals surface area contributed by atoms with E-state index in [4.69, 9.17) is 17.3 Å². The summed E-state index contributed by atoms with van der Waals surface area (Å²) in [5.41, 5.74) is 9.46. The number of aromatic nitrogens is 1. The summed E-state index contributed by atoms with van der Waals surface area (Å²) in [4.78, 5) is 6.76. The summed E-state index contributed by atoms with van der Waals surface area (Å²) in [5, 5.41) is 0.736. The first-order valence-electron chi connectivity index (χ1n) is 7.17. The van der Waals surface area contributed by atoms with E-state index >= 15 is 0 Å². The van der Waals surface area contributed by atoms with Crippen molar-refractivity contribution in [2.24, 2.45) is 5.73 Å². The standard InChI is InChI=1S/C17H22ClN3/c1-13-5-3-8-16(20-13)12-21(2)10-9-17(19)14-6-4-7-15(18)11-14/h3-8,11,17H,9-10,12,19H2,1-2H3. The van der Waals surface area contributed by atoms with Crippen LogP contribution in [0.1, 0.15) is 29.4 Å². The van der Waals surface area contributed by atoms with E-state index in [1.807, 2.05) is 43.3 Å². The fourth-order valence-corrected chi connectivity index (χ4v) is 2.51. The molecular weight excluding hydrogens is 282 g/mol. The lowest BCUT2D eigenvalue weighted by Crippen LogP contribution is -2.24. The van der Waals surface area contributed by atoms with Gasteiger partial charge in [0.1, 0.15) is 0 Å². The van der Waals surface area contributed by atoms with Crippen LogP contribution in [-0.2, 0) is 6.54 Å². The molecule has 1 unspecified atom stereocenters. The average Bonchev–Trinajstić information content (AvgIpc) is 2.45. The van der Waals surface area contributed by atoms with Gasteiger partial charge in [-0.2, -0.15) is 0 Å². The number of hydrogen-bond donors (Lipinski definition) is 1. The van der Waals surface area contributed by atoms with Gasteiger partial charge in [0.15, 0.2) is 0 Å². The number of hydrogen-bond acceptors (Lipinski definition) is 3. The first kappa shape index (κ1) is 16.0. The molecule has 0 aliphatic heterocycles. The van der Waals surface area contributed by atoms with Gasteiger partial charge < -0.3 is 10.6 Å². The minimum atomic E-state index is 0.0108. The van der Waals surface area contributed by atoms with Crippen LogP contribution >= 0.6 is 11.6 Å². The molecule has 1 aromatic heterocycles. The summed E-state index contributed by atoms with van der Waals surface area (Å²) in [6, 6.07) is 13.9. The summed E-state index contributed by atoms with van der Waals surface area (Å²) in [6.07, 6.45) is 0.892. The predicted octanol–water partition coefficient (Wildman–Crippen LogP) is 3.57. The summed E-state index contributed by atoms with van der Waals surface area (Å²) >= 11 is 6.00. The summed E-state index contributed by atoms with van der Waals surface area (Å²) < 4.78 is 0. The maximum absolute atomic E-state index is 6.23. The second-order valence-corrected chi connectivity index (χ2v) is 5.89. The molecule has 0 saturated heterocycles. The Bertz CT molecular complexity index is 586. The van der Waals surface area contributed by atoms with E-state index in [2.05, 4.69) is 23.0 Å². The zero-order chi connectivity index (χ0) is 15.2. The van der Waals surface area contributed by atoms with Crippen molar-refractivity contribution in [1.29, 1.82) is 0 Å². The maximum atomic E-state index is 6.23. The quantitative estimate of drug-likeness (QED) is 0.887. The molecule has 1 aromatic carbocycles. The fraction of sp³-hybridized carbons (Fsp3) is 0.353. The van der Waals surface area contributed by atoms with Gasteiger partial charge in [-0.05, 0) is 50.2 Å². The molecule has 0 amide bonds. The number of nitrogens with zero attached hydrogens (tertiary/aromatic N) is 2. The van der Waals surface area contributed by atoms with Crippen LogP contribution in [-0.4, -0.2) is 23.5 Å². The lowest BCUT2D eigenvalue weighted by molar-refractivity contribution is 0.308. The highest BCUT2D eigenvalue weighted by atomic mass is 35.5. The van der Waals surface area contributed by atoms with Gasteiger partial charge in [0.2, 0.25) is 0 Å². The molecule has 0 bridgehead atoms. The molecule has 1 heterocycles. The number of rotatable bonds is 6. The molecule has 3 nitrogen and oxygen atoms in total. The van der Waals surface area contributed by atoms with Crippen molar-refractivity contribution < 1.29 is 0 Å². The van der Waals surface area contributed by atoms with E-state index in [1.54, 1.807) is 0 Å². The Morgan fingerprint density at radius 1 is 1.24 bits per heavy atom. The lowest BCUT2D eigenvalue weighted by Gasteiger charge is -2.19. The minimum Gasteiger partial charge on any atom is -0.324 e. The Morgan fingerprint density at radius 3 is 2.71 bits per heavy atom. The molecule has 0 fully saturated rings. The van der Waals surface area contributed by atoms with Gasteiger partial charge >= 0.3 is 0 Å². The second-order valence-electron chi connectivity index (χ2n) is 5.46. The Hall–Kier alpha value is -1.42. The molecule has 112 valence electrons. The Kier molecular flexibility index (Phi) is 5.74. The molecule has 0 spiro atoms. The molecule has 4 heteroatoms. The van der Waals surface area contributed by atoms with E-state index in [0.29, 0.717) is 0 Å². The Morgan fingerprint density at radius 2 is 2.00 bits per heavy atom. The summed E-state index contributed by atoms with van der Waals surface area (Å²) in [7, 11) is 2.09. The molecule has 1 atom stereocenters. The molecule has 2 rings (SSSR count). The molecular formula is C17H22ClN3. The Labute approximate surface area is 131 Å².